The third-order valence-electron chi connectivity index (χ3n) is 4.97. The van der Waals surface area contributed by atoms with Gasteiger partial charge in [0.1, 0.15) is 11.3 Å². The first-order chi connectivity index (χ1) is 12.3. The van der Waals surface area contributed by atoms with E-state index in [0.29, 0.717) is 6.54 Å². The first-order valence-corrected chi connectivity index (χ1v) is 9.42. The molecule has 0 atom stereocenters. The Labute approximate surface area is 173 Å². The van der Waals surface area contributed by atoms with Crippen molar-refractivity contribution in [2.75, 3.05) is 33.2 Å². The van der Waals surface area contributed by atoms with Crippen LogP contribution in [0, 0.1) is 6.92 Å². The number of benzene rings is 1. The van der Waals surface area contributed by atoms with Gasteiger partial charge in [0.15, 0.2) is 5.96 Å². The maximum atomic E-state index is 5.94. The van der Waals surface area contributed by atoms with Crippen molar-refractivity contribution in [3.8, 4) is 0 Å². The number of para-hydroxylation sites is 1. The van der Waals surface area contributed by atoms with Crippen molar-refractivity contribution in [3.05, 3.63) is 35.6 Å². The number of hydrogen-bond donors (Lipinski definition) is 2. The van der Waals surface area contributed by atoms with Crippen LogP contribution >= 0.6 is 24.0 Å². The fourth-order valence-electron chi connectivity index (χ4n) is 3.45. The number of rotatable bonds is 7. The highest BCUT2D eigenvalue weighted by Crippen LogP contribution is 2.24. The largest absolute Gasteiger partial charge is 0.459 e. The molecule has 1 aliphatic rings. The van der Waals surface area contributed by atoms with Crippen LogP contribution in [-0.4, -0.2) is 44.1 Å². The zero-order chi connectivity index (χ0) is 17.5. The maximum absolute atomic E-state index is 5.94. The van der Waals surface area contributed by atoms with Crippen LogP contribution in [0.3, 0.4) is 0 Å². The number of halogens is 1. The van der Waals surface area contributed by atoms with Gasteiger partial charge in [0, 0.05) is 24.5 Å². The standard InChI is InChI=1S/C20H30N4O.HI/c1-16-17-9-3-4-10-18(17)25-19(16)15-23-20(21-2)22-11-5-6-12-24-13-7-8-14-24;/h3-4,9-10H,5-8,11-15H2,1-2H3,(H2,21,22,23);1H. The Morgan fingerprint density at radius 3 is 2.65 bits per heavy atom. The predicted octanol–water partition coefficient (Wildman–Crippen LogP) is 3.90. The van der Waals surface area contributed by atoms with E-state index in [4.69, 9.17) is 4.42 Å². The molecule has 2 N–H and O–H groups in total. The number of unbranched alkanes of at least 4 members (excludes halogenated alkanes) is 1. The van der Waals surface area contributed by atoms with Crippen LogP contribution in [0.4, 0.5) is 0 Å². The second kappa shape index (κ2) is 10.8. The van der Waals surface area contributed by atoms with E-state index in [-0.39, 0.29) is 24.0 Å². The lowest BCUT2D eigenvalue weighted by Gasteiger charge is -2.15. The Balaban J connectivity index is 0.00000243. The molecule has 0 aliphatic carbocycles. The molecule has 0 spiro atoms. The molecule has 1 fully saturated rings. The summed E-state index contributed by atoms with van der Waals surface area (Å²) in [5.74, 6) is 1.80. The average molecular weight is 470 g/mol. The maximum Gasteiger partial charge on any atom is 0.191 e. The minimum atomic E-state index is 0. The van der Waals surface area contributed by atoms with Gasteiger partial charge >= 0.3 is 0 Å². The van der Waals surface area contributed by atoms with E-state index < -0.39 is 0 Å². The summed E-state index contributed by atoms with van der Waals surface area (Å²) in [7, 11) is 1.81. The van der Waals surface area contributed by atoms with Gasteiger partial charge in [-0.25, -0.2) is 0 Å². The highest BCUT2D eigenvalue weighted by atomic mass is 127. The van der Waals surface area contributed by atoms with E-state index >= 15 is 0 Å². The van der Waals surface area contributed by atoms with Gasteiger partial charge in [-0.2, -0.15) is 0 Å². The second-order valence-corrected chi connectivity index (χ2v) is 6.75. The van der Waals surface area contributed by atoms with E-state index in [0.717, 1.165) is 23.8 Å². The lowest BCUT2D eigenvalue weighted by atomic mass is 10.1. The van der Waals surface area contributed by atoms with Gasteiger partial charge in [-0.3, -0.25) is 4.99 Å². The Bertz CT molecular complexity index is 707. The normalized spacial score (nSPS) is 15.2. The van der Waals surface area contributed by atoms with Gasteiger partial charge in [0.25, 0.3) is 0 Å². The predicted molar refractivity (Wildman–Crippen MR) is 119 cm³/mol. The van der Waals surface area contributed by atoms with Gasteiger partial charge in [0.05, 0.1) is 6.54 Å². The zero-order valence-electron chi connectivity index (χ0n) is 15.9. The van der Waals surface area contributed by atoms with Gasteiger partial charge in [0.2, 0.25) is 0 Å². The topological polar surface area (TPSA) is 52.8 Å². The van der Waals surface area contributed by atoms with Crippen molar-refractivity contribution in [2.24, 2.45) is 4.99 Å². The van der Waals surface area contributed by atoms with Crippen LogP contribution in [0.1, 0.15) is 37.0 Å². The number of aryl methyl sites for hydroxylation is 1. The number of guanidine groups is 1. The molecule has 1 aliphatic heterocycles. The quantitative estimate of drug-likeness (QED) is 0.279. The Kier molecular flexibility index (Phi) is 8.71. The molecule has 0 saturated carbocycles. The Hall–Kier alpha value is -1.28. The van der Waals surface area contributed by atoms with Gasteiger partial charge in [-0.1, -0.05) is 18.2 Å². The molecule has 5 nitrogen and oxygen atoms in total. The minimum Gasteiger partial charge on any atom is -0.459 e. The summed E-state index contributed by atoms with van der Waals surface area (Å²) in [5, 5.41) is 7.94. The van der Waals surface area contributed by atoms with Crippen LogP contribution in [0.5, 0.6) is 0 Å². The van der Waals surface area contributed by atoms with Crippen molar-refractivity contribution in [2.45, 2.75) is 39.2 Å². The number of furan rings is 1. The lowest BCUT2D eigenvalue weighted by molar-refractivity contribution is 0.330. The van der Waals surface area contributed by atoms with Gasteiger partial charge in [-0.05, 0) is 58.3 Å². The van der Waals surface area contributed by atoms with Crippen LogP contribution in [-0.2, 0) is 6.54 Å². The Morgan fingerprint density at radius 1 is 1.15 bits per heavy atom. The first-order valence-electron chi connectivity index (χ1n) is 9.42. The van der Waals surface area contributed by atoms with E-state index in [2.05, 4.69) is 33.5 Å². The monoisotopic (exact) mass is 470 g/mol. The number of hydrogen-bond acceptors (Lipinski definition) is 3. The van der Waals surface area contributed by atoms with Crippen LogP contribution in [0.25, 0.3) is 11.0 Å². The summed E-state index contributed by atoms with van der Waals surface area (Å²) >= 11 is 0. The van der Waals surface area contributed by atoms with Gasteiger partial charge in [-0.15, -0.1) is 24.0 Å². The fourth-order valence-corrected chi connectivity index (χ4v) is 3.45. The van der Waals surface area contributed by atoms with Gasteiger partial charge < -0.3 is 20.0 Å². The molecule has 2 heterocycles. The van der Waals surface area contributed by atoms with Crippen molar-refractivity contribution in [3.63, 3.8) is 0 Å². The minimum absolute atomic E-state index is 0. The van der Waals surface area contributed by atoms with Crippen molar-refractivity contribution >= 4 is 40.9 Å². The van der Waals surface area contributed by atoms with Crippen molar-refractivity contribution in [1.82, 2.24) is 15.5 Å². The molecule has 144 valence electrons. The molecule has 0 bridgehead atoms. The highest BCUT2D eigenvalue weighted by Gasteiger charge is 2.11. The molecular weight excluding hydrogens is 439 g/mol. The molecule has 1 aromatic carbocycles. The molecule has 26 heavy (non-hydrogen) atoms. The van der Waals surface area contributed by atoms with Crippen LogP contribution in [0.2, 0.25) is 0 Å². The van der Waals surface area contributed by atoms with E-state index in [1.807, 2.05) is 25.2 Å². The van der Waals surface area contributed by atoms with Crippen molar-refractivity contribution in [1.29, 1.82) is 0 Å². The number of aliphatic imine (C=N–C) groups is 1. The van der Waals surface area contributed by atoms with E-state index in [9.17, 15) is 0 Å². The number of nitrogens with zero attached hydrogens (tertiary/aromatic N) is 2. The molecule has 6 heteroatoms. The average Bonchev–Trinajstić information content (AvgIpc) is 3.26. The SMILES string of the molecule is CN=C(NCCCCN1CCCC1)NCc1oc2ccccc2c1C.I. The van der Waals surface area contributed by atoms with Crippen molar-refractivity contribution < 1.29 is 4.42 Å². The molecule has 0 unspecified atom stereocenters. The highest BCUT2D eigenvalue weighted by molar-refractivity contribution is 14.0. The number of fused-ring (bicyclic) bond motifs is 1. The molecular formula is C20H31IN4O. The number of nitrogens with one attached hydrogen (secondary N) is 2. The smallest absolute Gasteiger partial charge is 0.191 e. The molecule has 2 aromatic rings. The molecule has 0 radical (unpaired) electrons. The molecule has 1 saturated heterocycles. The third kappa shape index (κ3) is 5.61. The second-order valence-electron chi connectivity index (χ2n) is 6.75. The van der Waals surface area contributed by atoms with E-state index in [1.165, 1.54) is 56.3 Å². The first kappa shape index (κ1) is 21.0. The lowest BCUT2D eigenvalue weighted by Crippen LogP contribution is -2.37. The third-order valence-corrected chi connectivity index (χ3v) is 4.97. The summed E-state index contributed by atoms with van der Waals surface area (Å²) in [6.07, 6.45) is 5.15. The summed E-state index contributed by atoms with van der Waals surface area (Å²) in [6, 6.07) is 8.17. The van der Waals surface area contributed by atoms with Crippen LogP contribution in [0.15, 0.2) is 33.7 Å². The number of likely N-dealkylation sites (tertiary alicyclic amines) is 1. The van der Waals surface area contributed by atoms with E-state index in [1.54, 1.807) is 0 Å². The van der Waals surface area contributed by atoms with Crippen LogP contribution < -0.4 is 10.6 Å². The molecule has 0 amide bonds. The Morgan fingerprint density at radius 2 is 1.92 bits per heavy atom. The summed E-state index contributed by atoms with van der Waals surface area (Å²) in [5.41, 5.74) is 2.14. The summed E-state index contributed by atoms with van der Waals surface area (Å²) < 4.78 is 5.94. The fraction of sp³-hybridized carbons (Fsp3) is 0.550. The zero-order valence-corrected chi connectivity index (χ0v) is 18.2. The molecule has 3 rings (SSSR count). The summed E-state index contributed by atoms with van der Waals surface area (Å²) in [6.45, 7) is 7.50. The molecule has 1 aromatic heterocycles. The summed E-state index contributed by atoms with van der Waals surface area (Å²) in [4.78, 5) is 6.87.